The van der Waals surface area contributed by atoms with Crippen LogP contribution in [0.3, 0.4) is 0 Å². The maximum absolute atomic E-state index is 11.3. The highest BCUT2D eigenvalue weighted by Gasteiger charge is 2.54. The van der Waals surface area contributed by atoms with Crippen LogP contribution in [0.4, 0.5) is 11.4 Å². The molecule has 0 spiro atoms. The number of non-ortho nitro benzene ring substituents is 1. The number of nitrogens with one attached hydrogen (secondary N) is 1. The molecule has 5 rings (SSSR count). The van der Waals surface area contributed by atoms with Crippen LogP contribution in [0.5, 0.6) is 5.75 Å². The Labute approximate surface area is 158 Å². The van der Waals surface area contributed by atoms with Gasteiger partial charge < -0.3 is 10.1 Å². The molecule has 5 heteroatoms. The molecule has 1 aliphatic heterocycles. The molecule has 2 fully saturated rings. The van der Waals surface area contributed by atoms with E-state index in [9.17, 15) is 10.1 Å². The average molecular weight is 364 g/mol. The topological polar surface area (TPSA) is 64.4 Å². The van der Waals surface area contributed by atoms with Crippen LogP contribution < -0.4 is 10.1 Å². The summed E-state index contributed by atoms with van der Waals surface area (Å²) in [5, 5.41) is 15.0. The molecule has 2 aliphatic carbocycles. The minimum atomic E-state index is -0.277. The standard InChI is InChI=1S/C22H24N2O3/c1-2-27-17-8-5-13(6-9-17)22-21-15-4-3-14(11-15)20(21)18-12-16(24(25)26)7-10-19(18)23-22/h5-10,12,14-15,20-23H,2-4,11H2,1H3/t14-,15-,20-,21-,22-/m0/s1. The summed E-state index contributed by atoms with van der Waals surface area (Å²) in [4.78, 5) is 11.0. The molecule has 2 saturated carbocycles. The lowest BCUT2D eigenvalue weighted by Gasteiger charge is -2.43. The van der Waals surface area contributed by atoms with Gasteiger partial charge in [0.25, 0.3) is 5.69 Å². The minimum Gasteiger partial charge on any atom is -0.494 e. The number of hydrogen-bond acceptors (Lipinski definition) is 4. The van der Waals surface area contributed by atoms with Gasteiger partial charge in [0.2, 0.25) is 0 Å². The molecule has 0 unspecified atom stereocenters. The second kappa shape index (κ2) is 6.25. The summed E-state index contributed by atoms with van der Waals surface area (Å²) in [6.45, 7) is 2.66. The van der Waals surface area contributed by atoms with Crippen LogP contribution in [0.1, 0.15) is 49.3 Å². The van der Waals surface area contributed by atoms with Gasteiger partial charge in [-0.3, -0.25) is 10.1 Å². The van der Waals surface area contributed by atoms with Crippen LogP contribution in [0, 0.1) is 27.9 Å². The van der Waals surface area contributed by atoms with Crippen LogP contribution in [0.25, 0.3) is 0 Å². The molecular formula is C22H24N2O3. The van der Waals surface area contributed by atoms with E-state index in [4.69, 9.17) is 4.74 Å². The Morgan fingerprint density at radius 2 is 1.93 bits per heavy atom. The number of anilines is 1. The molecule has 5 atom stereocenters. The lowest BCUT2D eigenvalue weighted by atomic mass is 9.68. The molecule has 0 saturated heterocycles. The Hall–Kier alpha value is -2.56. The van der Waals surface area contributed by atoms with Crippen LogP contribution in [0.15, 0.2) is 42.5 Å². The molecule has 27 heavy (non-hydrogen) atoms. The van der Waals surface area contributed by atoms with E-state index in [0.717, 1.165) is 17.0 Å². The predicted octanol–water partition coefficient (Wildman–Crippen LogP) is 5.29. The summed E-state index contributed by atoms with van der Waals surface area (Å²) in [5.74, 6) is 3.20. The van der Waals surface area contributed by atoms with Gasteiger partial charge in [0.1, 0.15) is 5.75 Å². The van der Waals surface area contributed by atoms with Gasteiger partial charge in [0.15, 0.2) is 0 Å². The minimum absolute atomic E-state index is 0.205. The monoisotopic (exact) mass is 364 g/mol. The summed E-state index contributed by atoms with van der Waals surface area (Å²) >= 11 is 0. The molecule has 0 aromatic heterocycles. The molecule has 2 aromatic carbocycles. The van der Waals surface area contributed by atoms with E-state index in [0.29, 0.717) is 30.3 Å². The van der Waals surface area contributed by atoms with Crippen molar-refractivity contribution >= 4 is 11.4 Å². The number of nitrogens with zero attached hydrogens (tertiary/aromatic N) is 1. The SMILES string of the molecule is CCOc1ccc([C@@H]2Nc3ccc([N+](=O)[O-])cc3[C@@H]3[C@H]4CC[C@@H](C4)[C@@H]32)cc1. The highest BCUT2D eigenvalue weighted by molar-refractivity contribution is 5.62. The van der Waals surface area contributed by atoms with Gasteiger partial charge in [-0.25, -0.2) is 0 Å². The van der Waals surface area contributed by atoms with Crippen molar-refractivity contribution in [1.29, 1.82) is 0 Å². The predicted molar refractivity (Wildman–Crippen MR) is 104 cm³/mol. The maximum atomic E-state index is 11.3. The van der Waals surface area contributed by atoms with E-state index in [2.05, 4.69) is 17.4 Å². The average Bonchev–Trinajstić information content (AvgIpc) is 3.30. The van der Waals surface area contributed by atoms with Gasteiger partial charge in [-0.15, -0.1) is 0 Å². The van der Waals surface area contributed by atoms with Crippen molar-refractivity contribution in [1.82, 2.24) is 0 Å². The van der Waals surface area contributed by atoms with Crippen molar-refractivity contribution < 1.29 is 9.66 Å². The fourth-order valence-electron chi connectivity index (χ4n) is 5.86. The normalized spacial score (nSPS) is 30.3. The first-order valence-electron chi connectivity index (χ1n) is 9.93. The van der Waals surface area contributed by atoms with Gasteiger partial charge >= 0.3 is 0 Å². The van der Waals surface area contributed by atoms with Crippen molar-refractivity contribution in [2.24, 2.45) is 17.8 Å². The van der Waals surface area contributed by atoms with Gasteiger partial charge in [-0.2, -0.15) is 0 Å². The third kappa shape index (κ3) is 2.59. The van der Waals surface area contributed by atoms with Crippen molar-refractivity contribution in [2.45, 2.75) is 38.1 Å². The Morgan fingerprint density at radius 1 is 1.15 bits per heavy atom. The van der Waals surface area contributed by atoms with Gasteiger partial charge in [-0.1, -0.05) is 12.1 Å². The van der Waals surface area contributed by atoms with Crippen molar-refractivity contribution in [3.63, 3.8) is 0 Å². The number of benzene rings is 2. The first kappa shape index (κ1) is 16.6. The molecular weight excluding hydrogens is 340 g/mol. The van der Waals surface area contributed by atoms with E-state index in [-0.39, 0.29) is 16.7 Å². The third-order valence-corrected chi connectivity index (χ3v) is 6.83. The molecule has 5 nitrogen and oxygen atoms in total. The summed E-state index contributed by atoms with van der Waals surface area (Å²) in [6.07, 6.45) is 3.79. The van der Waals surface area contributed by atoms with E-state index >= 15 is 0 Å². The molecule has 2 aromatic rings. The Morgan fingerprint density at radius 3 is 2.67 bits per heavy atom. The smallest absolute Gasteiger partial charge is 0.269 e. The van der Waals surface area contributed by atoms with Gasteiger partial charge in [0, 0.05) is 17.8 Å². The highest BCUT2D eigenvalue weighted by atomic mass is 16.6. The molecule has 1 heterocycles. The number of ether oxygens (including phenoxy) is 1. The second-order valence-electron chi connectivity index (χ2n) is 8.09. The molecule has 1 N–H and O–H groups in total. The van der Waals surface area contributed by atoms with E-state index in [1.54, 1.807) is 6.07 Å². The Bertz CT molecular complexity index is 880. The number of hydrogen-bond donors (Lipinski definition) is 1. The summed E-state index contributed by atoms with van der Waals surface area (Å²) < 4.78 is 5.59. The van der Waals surface area contributed by atoms with Gasteiger partial charge in [-0.05, 0) is 79.2 Å². The number of nitro benzene ring substituents is 1. The summed E-state index contributed by atoms with van der Waals surface area (Å²) in [5.41, 5.74) is 3.71. The zero-order valence-corrected chi connectivity index (χ0v) is 15.4. The Kier molecular flexibility index (Phi) is 3.85. The van der Waals surface area contributed by atoms with Crippen LogP contribution in [-0.2, 0) is 0 Å². The highest BCUT2D eigenvalue weighted by Crippen LogP contribution is 2.63. The first-order chi connectivity index (χ1) is 13.2. The second-order valence-corrected chi connectivity index (χ2v) is 8.09. The zero-order valence-electron chi connectivity index (χ0n) is 15.4. The number of nitro groups is 1. The summed E-state index contributed by atoms with van der Waals surface area (Å²) in [7, 11) is 0. The van der Waals surface area contributed by atoms with Crippen LogP contribution in [-0.4, -0.2) is 11.5 Å². The fourth-order valence-corrected chi connectivity index (χ4v) is 5.86. The third-order valence-electron chi connectivity index (χ3n) is 6.83. The first-order valence-corrected chi connectivity index (χ1v) is 9.93. The molecule has 3 aliphatic rings. The molecule has 2 bridgehead atoms. The van der Waals surface area contributed by atoms with E-state index in [1.807, 2.05) is 31.2 Å². The Balaban J connectivity index is 1.55. The number of fused-ring (bicyclic) bond motifs is 7. The van der Waals surface area contributed by atoms with Crippen LogP contribution in [0.2, 0.25) is 0 Å². The lowest BCUT2D eigenvalue weighted by molar-refractivity contribution is -0.384. The maximum Gasteiger partial charge on any atom is 0.269 e. The molecule has 0 radical (unpaired) electrons. The summed E-state index contributed by atoms with van der Waals surface area (Å²) in [6, 6.07) is 14.0. The van der Waals surface area contributed by atoms with Crippen LogP contribution >= 0.6 is 0 Å². The molecule has 0 amide bonds. The quantitative estimate of drug-likeness (QED) is 0.591. The van der Waals surface area contributed by atoms with Crippen molar-refractivity contribution in [2.75, 3.05) is 11.9 Å². The largest absolute Gasteiger partial charge is 0.494 e. The van der Waals surface area contributed by atoms with Crippen molar-refractivity contribution in [3.05, 3.63) is 63.7 Å². The molecule has 140 valence electrons. The fraction of sp³-hybridized carbons (Fsp3) is 0.455. The van der Waals surface area contributed by atoms with Gasteiger partial charge in [0.05, 0.1) is 17.6 Å². The van der Waals surface area contributed by atoms with Crippen molar-refractivity contribution in [3.8, 4) is 5.75 Å². The van der Waals surface area contributed by atoms with E-state index in [1.165, 1.54) is 24.8 Å². The van der Waals surface area contributed by atoms with E-state index < -0.39 is 0 Å². The lowest BCUT2D eigenvalue weighted by Crippen LogP contribution is -2.35. The zero-order chi connectivity index (χ0) is 18.5. The number of rotatable bonds is 4.